The molecule has 6 nitrogen and oxygen atoms in total. The van der Waals surface area contributed by atoms with Gasteiger partial charge in [-0.15, -0.1) is 0 Å². The summed E-state index contributed by atoms with van der Waals surface area (Å²) in [5.41, 5.74) is -0.540. The molecule has 0 aliphatic rings. The second-order valence-corrected chi connectivity index (χ2v) is 6.58. The number of hydrogen-bond donors (Lipinski definition) is 0. The van der Waals surface area contributed by atoms with Gasteiger partial charge in [0.2, 0.25) is 5.78 Å². The van der Waals surface area contributed by atoms with E-state index in [1.807, 2.05) is 30.3 Å². The van der Waals surface area contributed by atoms with Gasteiger partial charge in [0.1, 0.15) is 5.41 Å². The molecule has 3 rings (SSSR count). The van der Waals surface area contributed by atoms with Gasteiger partial charge in [-0.3, -0.25) is 19.0 Å². The normalized spacial score (nSPS) is 12.8. The lowest BCUT2D eigenvalue weighted by atomic mass is 9.79. The molecule has 0 amide bonds. The van der Waals surface area contributed by atoms with Crippen LogP contribution in [0.2, 0.25) is 0 Å². The van der Waals surface area contributed by atoms with Crippen LogP contribution in [-0.4, -0.2) is 34.2 Å². The van der Waals surface area contributed by atoms with E-state index in [4.69, 9.17) is 4.74 Å². The Balaban J connectivity index is 1.99. The van der Waals surface area contributed by atoms with Gasteiger partial charge in [-0.2, -0.15) is 0 Å². The van der Waals surface area contributed by atoms with E-state index < -0.39 is 17.2 Å². The summed E-state index contributed by atoms with van der Waals surface area (Å²) >= 11 is 0. The summed E-state index contributed by atoms with van der Waals surface area (Å²) < 4.78 is 6.46. The number of Topliss-reactive ketones (excluding diaryl/α,β-unsaturated/α-hetero) is 2. The fourth-order valence-corrected chi connectivity index (χ4v) is 3.03. The predicted octanol–water partition coefficient (Wildman–Crippen LogP) is 3.51. The highest BCUT2D eigenvalue weighted by atomic mass is 16.5. The third-order valence-corrected chi connectivity index (χ3v) is 4.63. The minimum Gasteiger partial charge on any atom is -0.468 e. The Morgan fingerprint density at radius 1 is 1.00 bits per heavy atom. The van der Waals surface area contributed by atoms with Crippen molar-refractivity contribution < 1.29 is 19.1 Å². The lowest BCUT2D eigenvalue weighted by Gasteiger charge is -2.24. The van der Waals surface area contributed by atoms with Crippen molar-refractivity contribution in [2.45, 2.75) is 13.3 Å². The van der Waals surface area contributed by atoms with Gasteiger partial charge in [0.25, 0.3) is 0 Å². The topological polar surface area (TPSA) is 78.3 Å². The number of rotatable bonds is 7. The molecule has 0 N–H and O–H groups in total. The molecule has 0 fully saturated rings. The number of ketones is 2. The monoisotopic (exact) mass is 376 g/mol. The zero-order valence-electron chi connectivity index (χ0n) is 15.7. The van der Waals surface area contributed by atoms with Crippen molar-refractivity contribution in [1.82, 2.24) is 9.55 Å². The SMILES string of the molecule is COC(=O)[C@@](C)(CC(=O)c1ccccc1)C(=O)c1nccn1-c1ccccc1. The molecule has 0 bridgehead atoms. The van der Waals surface area contributed by atoms with Gasteiger partial charge in [-0.1, -0.05) is 48.5 Å². The van der Waals surface area contributed by atoms with Gasteiger partial charge in [0, 0.05) is 30.1 Å². The fourth-order valence-electron chi connectivity index (χ4n) is 3.03. The first kappa shape index (κ1) is 19.2. The number of carbonyl (C=O) groups is 3. The standard InChI is InChI=1S/C22H20N2O4/c1-22(21(27)28-2,15-18(25)16-9-5-3-6-10-16)19(26)20-23-13-14-24(20)17-11-7-4-8-12-17/h3-14H,15H2,1-2H3/t22-/m0/s1. The first-order valence-electron chi connectivity index (χ1n) is 8.77. The Morgan fingerprint density at radius 2 is 1.61 bits per heavy atom. The average molecular weight is 376 g/mol. The summed E-state index contributed by atoms with van der Waals surface area (Å²) in [4.78, 5) is 42.8. The number of carbonyl (C=O) groups excluding carboxylic acids is 3. The lowest BCUT2D eigenvalue weighted by molar-refractivity contribution is -0.148. The maximum absolute atomic E-state index is 13.4. The largest absolute Gasteiger partial charge is 0.468 e. The van der Waals surface area contributed by atoms with Gasteiger partial charge in [0.15, 0.2) is 11.6 Å². The fraction of sp³-hybridized carbons (Fsp3) is 0.182. The molecule has 1 heterocycles. The molecule has 2 aromatic carbocycles. The van der Waals surface area contributed by atoms with Crippen molar-refractivity contribution in [3.05, 3.63) is 84.4 Å². The van der Waals surface area contributed by atoms with Crippen LogP contribution in [0.5, 0.6) is 0 Å². The van der Waals surface area contributed by atoms with Crippen LogP contribution >= 0.6 is 0 Å². The molecule has 0 aliphatic carbocycles. The van der Waals surface area contributed by atoms with Gasteiger partial charge in [-0.05, 0) is 19.1 Å². The molecule has 6 heteroatoms. The number of para-hydroxylation sites is 1. The highest BCUT2D eigenvalue weighted by Crippen LogP contribution is 2.30. The molecule has 1 atom stereocenters. The smallest absolute Gasteiger partial charge is 0.320 e. The minimum absolute atomic E-state index is 0.0694. The zero-order valence-corrected chi connectivity index (χ0v) is 15.7. The molecule has 3 aromatic rings. The maximum Gasteiger partial charge on any atom is 0.320 e. The molecule has 0 unspecified atom stereocenters. The van der Waals surface area contributed by atoms with E-state index in [0.717, 1.165) is 5.69 Å². The van der Waals surface area contributed by atoms with E-state index in [-0.39, 0.29) is 18.0 Å². The first-order valence-corrected chi connectivity index (χ1v) is 8.77. The number of benzene rings is 2. The average Bonchev–Trinajstić information content (AvgIpc) is 3.23. The van der Waals surface area contributed by atoms with Crippen molar-refractivity contribution in [3.63, 3.8) is 0 Å². The number of hydrogen-bond acceptors (Lipinski definition) is 5. The minimum atomic E-state index is -1.69. The molecule has 0 saturated carbocycles. The quantitative estimate of drug-likeness (QED) is 0.358. The predicted molar refractivity (Wildman–Crippen MR) is 103 cm³/mol. The molecule has 0 spiro atoms. The molecule has 28 heavy (non-hydrogen) atoms. The van der Waals surface area contributed by atoms with Crippen molar-refractivity contribution in [2.75, 3.05) is 7.11 Å². The van der Waals surface area contributed by atoms with Gasteiger partial charge < -0.3 is 4.74 Å². The van der Waals surface area contributed by atoms with Crippen molar-refractivity contribution in [1.29, 1.82) is 0 Å². The van der Waals surface area contributed by atoms with Crippen LogP contribution < -0.4 is 0 Å². The molecule has 1 aromatic heterocycles. The molecule has 0 saturated heterocycles. The number of esters is 1. The number of methoxy groups -OCH3 is 1. The van der Waals surface area contributed by atoms with E-state index in [2.05, 4.69) is 4.98 Å². The van der Waals surface area contributed by atoms with E-state index >= 15 is 0 Å². The Bertz CT molecular complexity index is 996. The van der Waals surface area contributed by atoms with Gasteiger partial charge in [0.05, 0.1) is 7.11 Å². The van der Waals surface area contributed by atoms with Crippen molar-refractivity contribution >= 4 is 17.5 Å². The summed E-state index contributed by atoms with van der Waals surface area (Å²) in [6, 6.07) is 17.7. The Morgan fingerprint density at radius 3 is 2.21 bits per heavy atom. The van der Waals surface area contributed by atoms with E-state index in [9.17, 15) is 14.4 Å². The first-order chi connectivity index (χ1) is 13.5. The summed E-state index contributed by atoms with van der Waals surface area (Å²) in [5.74, 6) is -1.60. The highest BCUT2D eigenvalue weighted by molar-refractivity contribution is 6.14. The molecule has 0 radical (unpaired) electrons. The lowest BCUT2D eigenvalue weighted by Crippen LogP contribution is -2.40. The Kier molecular flexibility index (Phi) is 5.49. The van der Waals surface area contributed by atoms with Crippen LogP contribution in [0.1, 0.15) is 34.3 Å². The van der Waals surface area contributed by atoms with Crippen LogP contribution in [0, 0.1) is 5.41 Å². The number of imidazole rings is 1. The van der Waals surface area contributed by atoms with Crippen LogP contribution in [0.4, 0.5) is 0 Å². The second kappa shape index (κ2) is 8.00. The molecule has 0 aliphatic heterocycles. The third kappa shape index (κ3) is 3.62. The van der Waals surface area contributed by atoms with Crippen molar-refractivity contribution in [3.8, 4) is 5.69 Å². The Labute approximate surface area is 162 Å². The van der Waals surface area contributed by atoms with Crippen molar-refractivity contribution in [2.24, 2.45) is 5.41 Å². The zero-order chi connectivity index (χ0) is 20.1. The number of nitrogens with zero attached hydrogens (tertiary/aromatic N) is 2. The van der Waals surface area contributed by atoms with Crippen LogP contribution in [0.15, 0.2) is 73.1 Å². The van der Waals surface area contributed by atoms with E-state index in [1.165, 1.54) is 20.2 Å². The second-order valence-electron chi connectivity index (χ2n) is 6.58. The van der Waals surface area contributed by atoms with Gasteiger partial charge >= 0.3 is 5.97 Å². The van der Waals surface area contributed by atoms with Crippen LogP contribution in [-0.2, 0) is 9.53 Å². The number of ether oxygens (including phenoxy) is 1. The van der Waals surface area contributed by atoms with E-state index in [0.29, 0.717) is 5.56 Å². The van der Waals surface area contributed by atoms with Crippen LogP contribution in [0.3, 0.4) is 0 Å². The molecular weight excluding hydrogens is 356 g/mol. The third-order valence-electron chi connectivity index (χ3n) is 4.63. The number of aromatic nitrogens is 2. The van der Waals surface area contributed by atoms with Crippen LogP contribution in [0.25, 0.3) is 5.69 Å². The highest BCUT2D eigenvalue weighted by Gasteiger charge is 2.46. The van der Waals surface area contributed by atoms with Gasteiger partial charge in [-0.25, -0.2) is 4.98 Å². The molecular formula is C22H20N2O4. The summed E-state index contributed by atoms with van der Waals surface area (Å²) in [7, 11) is 1.20. The summed E-state index contributed by atoms with van der Waals surface area (Å²) in [6.07, 6.45) is 2.81. The van der Waals surface area contributed by atoms with E-state index in [1.54, 1.807) is 41.1 Å². The molecule has 142 valence electrons. The maximum atomic E-state index is 13.4. The summed E-state index contributed by atoms with van der Waals surface area (Å²) in [6.45, 7) is 1.42. The Hall–Kier alpha value is -3.54. The summed E-state index contributed by atoms with van der Waals surface area (Å²) in [5, 5.41) is 0.